The molecule has 0 aromatic heterocycles. The first kappa shape index (κ1) is 18.5. The normalized spacial score (nSPS) is 21.3. The number of amides is 2. The van der Waals surface area contributed by atoms with E-state index in [1.807, 2.05) is 6.07 Å². The van der Waals surface area contributed by atoms with Crippen molar-refractivity contribution < 1.29 is 28.0 Å². The van der Waals surface area contributed by atoms with Crippen molar-refractivity contribution in [2.45, 2.75) is 25.4 Å². The molecule has 1 aliphatic heterocycles. The number of anilines is 1. The van der Waals surface area contributed by atoms with Crippen LogP contribution in [0.3, 0.4) is 0 Å². The molecule has 0 saturated carbocycles. The van der Waals surface area contributed by atoms with Crippen molar-refractivity contribution >= 4 is 17.5 Å². The topological polar surface area (TPSA) is 69.6 Å². The summed E-state index contributed by atoms with van der Waals surface area (Å²) in [5, 5.41) is 8.94. The number of carbonyl (C=O) groups excluding carboxylic acids is 2. The second kappa shape index (κ2) is 6.34. The summed E-state index contributed by atoms with van der Waals surface area (Å²) in [6, 6.07) is 9.86. The van der Waals surface area contributed by atoms with Crippen LogP contribution >= 0.6 is 0 Å². The Morgan fingerprint density at radius 2 is 1.89 bits per heavy atom. The van der Waals surface area contributed by atoms with Crippen LogP contribution < -0.4 is 10.4 Å². The molecule has 2 aliphatic rings. The fourth-order valence-electron chi connectivity index (χ4n) is 4.29. The molecule has 1 unspecified atom stereocenters. The number of hydrogen-bond donors (Lipinski definition) is 2. The van der Waals surface area contributed by atoms with Crippen molar-refractivity contribution in [3.63, 3.8) is 0 Å². The van der Waals surface area contributed by atoms with Crippen molar-refractivity contribution in [3.8, 4) is 0 Å². The predicted molar refractivity (Wildman–Crippen MR) is 93.9 cm³/mol. The summed E-state index contributed by atoms with van der Waals surface area (Å²) >= 11 is 0. The summed E-state index contributed by atoms with van der Waals surface area (Å²) in [6.07, 6.45) is -3.26. The molecule has 1 aliphatic carbocycles. The van der Waals surface area contributed by atoms with Crippen molar-refractivity contribution in [1.29, 1.82) is 0 Å². The van der Waals surface area contributed by atoms with Gasteiger partial charge in [0.25, 0.3) is 5.91 Å². The van der Waals surface area contributed by atoms with Crippen LogP contribution in [0.4, 0.5) is 18.9 Å². The lowest BCUT2D eigenvalue weighted by atomic mass is 9.83. The molecule has 5 nitrogen and oxygen atoms in total. The first-order chi connectivity index (χ1) is 13.2. The summed E-state index contributed by atoms with van der Waals surface area (Å²) in [5.74, 6) is -0.882. The van der Waals surface area contributed by atoms with Crippen molar-refractivity contribution in [3.05, 3.63) is 64.7 Å². The van der Waals surface area contributed by atoms with E-state index in [-0.39, 0.29) is 11.6 Å². The van der Waals surface area contributed by atoms with E-state index in [9.17, 15) is 22.8 Å². The van der Waals surface area contributed by atoms with E-state index >= 15 is 0 Å². The standard InChI is InChI=1S/C20H17F3N2O3/c21-20(22,23)13-4-2-5-14(9-13)25-8-7-19(18(25)27)10-12-3-1-6-15(16(12)11-19)17(26)24-28/h1-6,9,28H,7-8,10-11H2,(H,24,26). The zero-order chi connectivity index (χ0) is 20.1. The van der Waals surface area contributed by atoms with Crippen molar-refractivity contribution in [1.82, 2.24) is 5.48 Å². The molecular formula is C20H17F3N2O3. The van der Waals surface area contributed by atoms with Crippen LogP contribution in [-0.2, 0) is 23.8 Å². The number of halogens is 3. The van der Waals surface area contributed by atoms with Gasteiger partial charge in [-0.2, -0.15) is 13.2 Å². The minimum Gasteiger partial charge on any atom is -0.312 e. The highest BCUT2D eigenvalue weighted by atomic mass is 19.4. The minimum absolute atomic E-state index is 0.223. The second-order valence-electron chi connectivity index (χ2n) is 7.27. The average Bonchev–Trinajstić information content (AvgIpc) is 3.21. The number of hydroxylamine groups is 1. The molecule has 1 heterocycles. The first-order valence-corrected chi connectivity index (χ1v) is 8.80. The molecule has 0 bridgehead atoms. The molecule has 2 amide bonds. The summed E-state index contributed by atoms with van der Waals surface area (Å²) < 4.78 is 39.1. The Labute approximate surface area is 158 Å². The molecule has 1 fully saturated rings. The lowest BCUT2D eigenvalue weighted by Gasteiger charge is -2.23. The lowest BCUT2D eigenvalue weighted by molar-refractivity contribution is -0.137. The number of fused-ring (bicyclic) bond motifs is 1. The highest BCUT2D eigenvalue weighted by Crippen LogP contribution is 2.47. The van der Waals surface area contributed by atoms with Crippen LogP contribution in [0.15, 0.2) is 42.5 Å². The summed E-state index contributed by atoms with van der Waals surface area (Å²) in [7, 11) is 0. The highest BCUT2D eigenvalue weighted by Gasteiger charge is 2.51. The van der Waals surface area contributed by atoms with Gasteiger partial charge in [-0.25, -0.2) is 5.48 Å². The fraction of sp³-hybridized carbons (Fsp3) is 0.300. The summed E-state index contributed by atoms with van der Waals surface area (Å²) in [5.41, 5.74) is 2.12. The van der Waals surface area contributed by atoms with Crippen LogP contribution in [0.1, 0.15) is 33.5 Å². The third kappa shape index (κ3) is 2.84. The van der Waals surface area contributed by atoms with Crippen LogP contribution in [0.25, 0.3) is 0 Å². The molecule has 28 heavy (non-hydrogen) atoms. The maximum Gasteiger partial charge on any atom is 0.416 e. The first-order valence-electron chi connectivity index (χ1n) is 8.80. The quantitative estimate of drug-likeness (QED) is 0.610. The average molecular weight is 390 g/mol. The third-order valence-electron chi connectivity index (χ3n) is 5.66. The van der Waals surface area contributed by atoms with Gasteiger partial charge in [0, 0.05) is 17.8 Å². The van der Waals surface area contributed by atoms with Crippen LogP contribution in [0, 0.1) is 5.41 Å². The highest BCUT2D eigenvalue weighted by molar-refractivity contribution is 6.02. The molecule has 1 spiro atoms. The number of rotatable bonds is 2. The Balaban J connectivity index is 1.65. The number of nitrogens with one attached hydrogen (secondary N) is 1. The summed E-state index contributed by atoms with van der Waals surface area (Å²) in [4.78, 5) is 26.5. The van der Waals surface area contributed by atoms with Gasteiger partial charge in [0.2, 0.25) is 5.91 Å². The smallest absolute Gasteiger partial charge is 0.312 e. The monoisotopic (exact) mass is 390 g/mol. The molecule has 4 rings (SSSR count). The van der Waals surface area contributed by atoms with Gasteiger partial charge in [-0.15, -0.1) is 0 Å². The number of nitrogens with zero attached hydrogens (tertiary/aromatic N) is 1. The van der Waals surface area contributed by atoms with E-state index in [4.69, 9.17) is 5.21 Å². The maximum absolute atomic E-state index is 13.2. The molecule has 0 radical (unpaired) electrons. The number of hydrogen-bond acceptors (Lipinski definition) is 3. The van der Waals surface area contributed by atoms with E-state index in [0.29, 0.717) is 36.9 Å². The number of alkyl halides is 3. The van der Waals surface area contributed by atoms with Gasteiger partial charge in [0.1, 0.15) is 0 Å². The van der Waals surface area contributed by atoms with E-state index in [1.54, 1.807) is 17.6 Å². The third-order valence-corrected chi connectivity index (χ3v) is 5.66. The predicted octanol–water partition coefficient (Wildman–Crippen LogP) is 3.35. The largest absolute Gasteiger partial charge is 0.416 e. The van der Waals surface area contributed by atoms with Crippen LogP contribution in [0.5, 0.6) is 0 Å². The fourth-order valence-corrected chi connectivity index (χ4v) is 4.29. The maximum atomic E-state index is 13.2. The SMILES string of the molecule is O=C(NO)c1cccc2c1CC1(CCN(c3cccc(C(F)(F)F)c3)C1=O)C2. The van der Waals surface area contributed by atoms with Crippen molar-refractivity contribution in [2.24, 2.45) is 5.41 Å². The van der Waals surface area contributed by atoms with Crippen molar-refractivity contribution in [2.75, 3.05) is 11.4 Å². The van der Waals surface area contributed by atoms with Gasteiger partial charge in [-0.1, -0.05) is 18.2 Å². The zero-order valence-electron chi connectivity index (χ0n) is 14.7. The molecule has 1 saturated heterocycles. The zero-order valence-corrected chi connectivity index (χ0v) is 14.7. The van der Waals surface area contributed by atoms with Gasteiger partial charge in [-0.05, 0) is 54.7 Å². The van der Waals surface area contributed by atoms with Crippen LogP contribution in [0.2, 0.25) is 0 Å². The minimum atomic E-state index is -4.48. The molecular weight excluding hydrogens is 373 g/mol. The van der Waals surface area contributed by atoms with Gasteiger partial charge < -0.3 is 4.90 Å². The lowest BCUT2D eigenvalue weighted by Crippen LogP contribution is -2.35. The molecule has 8 heteroatoms. The van der Waals surface area contributed by atoms with E-state index in [0.717, 1.165) is 17.7 Å². The van der Waals surface area contributed by atoms with Gasteiger partial charge in [0.05, 0.1) is 11.0 Å². The van der Waals surface area contributed by atoms with Gasteiger partial charge in [-0.3, -0.25) is 14.8 Å². The Morgan fingerprint density at radius 3 is 2.61 bits per heavy atom. The van der Waals surface area contributed by atoms with E-state index in [2.05, 4.69) is 0 Å². The summed E-state index contributed by atoms with van der Waals surface area (Å²) in [6.45, 7) is 0.315. The van der Waals surface area contributed by atoms with Gasteiger partial charge in [0.15, 0.2) is 0 Å². The van der Waals surface area contributed by atoms with Gasteiger partial charge >= 0.3 is 6.18 Å². The number of benzene rings is 2. The molecule has 2 N–H and O–H groups in total. The van der Waals surface area contributed by atoms with Crippen LogP contribution in [-0.4, -0.2) is 23.6 Å². The Morgan fingerprint density at radius 1 is 1.14 bits per heavy atom. The molecule has 2 aromatic rings. The molecule has 1 atom stereocenters. The molecule has 2 aromatic carbocycles. The number of carbonyl (C=O) groups is 2. The Kier molecular flexibility index (Phi) is 4.19. The Bertz CT molecular complexity index is 973. The van der Waals surface area contributed by atoms with E-state index in [1.165, 1.54) is 17.0 Å². The molecule has 146 valence electrons. The van der Waals surface area contributed by atoms with E-state index < -0.39 is 23.1 Å². The second-order valence-corrected chi connectivity index (χ2v) is 7.27. The Hall–Kier alpha value is -2.87.